The third-order valence-electron chi connectivity index (χ3n) is 3.42. The molecule has 0 radical (unpaired) electrons. The summed E-state index contributed by atoms with van der Waals surface area (Å²) >= 11 is 0. The van der Waals surface area contributed by atoms with Gasteiger partial charge in [0.25, 0.3) is 0 Å². The van der Waals surface area contributed by atoms with Gasteiger partial charge in [0.1, 0.15) is 5.67 Å². The maximum absolute atomic E-state index is 14.3. The first-order valence-corrected chi connectivity index (χ1v) is 6.06. The Bertz CT molecular complexity index is 150. The summed E-state index contributed by atoms with van der Waals surface area (Å²) in [7, 11) is 0. The van der Waals surface area contributed by atoms with Gasteiger partial charge in [-0.2, -0.15) is 0 Å². The van der Waals surface area contributed by atoms with E-state index < -0.39 is 5.67 Å². The molecule has 1 rings (SSSR count). The molecule has 0 bridgehead atoms. The first-order chi connectivity index (χ1) is 6.67. The first-order valence-electron chi connectivity index (χ1n) is 6.06. The summed E-state index contributed by atoms with van der Waals surface area (Å²) in [5.41, 5.74) is -0.942. The minimum absolute atomic E-state index is 0.244. The molecular weight excluding hydrogens is 177 g/mol. The SMILES string of the molecule is CCCCCC(C)(F)C1CCCNC1. The number of hydrogen-bond donors (Lipinski definition) is 1. The van der Waals surface area contributed by atoms with Gasteiger partial charge in [-0.1, -0.05) is 26.2 Å². The van der Waals surface area contributed by atoms with Crippen LogP contribution in [0.5, 0.6) is 0 Å². The fourth-order valence-electron chi connectivity index (χ4n) is 2.29. The highest BCUT2D eigenvalue weighted by molar-refractivity contribution is 4.86. The predicted molar refractivity (Wildman–Crippen MR) is 59.2 cm³/mol. The van der Waals surface area contributed by atoms with Crippen molar-refractivity contribution >= 4 is 0 Å². The molecule has 14 heavy (non-hydrogen) atoms. The number of rotatable bonds is 5. The van der Waals surface area contributed by atoms with Gasteiger partial charge in [-0.05, 0) is 32.7 Å². The van der Waals surface area contributed by atoms with Crippen molar-refractivity contribution in [1.29, 1.82) is 0 Å². The van der Waals surface area contributed by atoms with Crippen LogP contribution in [0.2, 0.25) is 0 Å². The van der Waals surface area contributed by atoms with E-state index in [4.69, 9.17) is 0 Å². The van der Waals surface area contributed by atoms with Crippen LogP contribution in [0, 0.1) is 5.92 Å². The second kappa shape index (κ2) is 5.69. The van der Waals surface area contributed by atoms with Crippen LogP contribution in [0.1, 0.15) is 52.4 Å². The van der Waals surface area contributed by atoms with E-state index in [2.05, 4.69) is 12.2 Å². The van der Waals surface area contributed by atoms with Gasteiger partial charge in [0.15, 0.2) is 0 Å². The molecule has 84 valence electrons. The summed E-state index contributed by atoms with van der Waals surface area (Å²) in [6, 6.07) is 0. The van der Waals surface area contributed by atoms with Gasteiger partial charge in [-0.25, -0.2) is 4.39 Å². The van der Waals surface area contributed by atoms with Crippen molar-refractivity contribution in [2.45, 2.75) is 58.0 Å². The lowest BCUT2D eigenvalue weighted by molar-refractivity contribution is 0.0709. The van der Waals surface area contributed by atoms with Crippen molar-refractivity contribution in [2.75, 3.05) is 13.1 Å². The molecule has 1 saturated heterocycles. The number of nitrogens with one attached hydrogen (secondary N) is 1. The Balaban J connectivity index is 2.29. The topological polar surface area (TPSA) is 12.0 Å². The van der Waals surface area contributed by atoms with Crippen LogP contribution in [0.25, 0.3) is 0 Å². The minimum Gasteiger partial charge on any atom is -0.316 e. The van der Waals surface area contributed by atoms with Crippen LogP contribution in [-0.2, 0) is 0 Å². The van der Waals surface area contributed by atoms with Crippen LogP contribution in [0.4, 0.5) is 4.39 Å². The number of alkyl halides is 1. The molecule has 1 nitrogen and oxygen atoms in total. The van der Waals surface area contributed by atoms with Gasteiger partial charge in [-0.3, -0.25) is 0 Å². The maximum Gasteiger partial charge on any atom is 0.112 e. The molecule has 2 heteroatoms. The molecular formula is C12H24FN. The third kappa shape index (κ3) is 3.56. The molecule has 2 unspecified atom stereocenters. The standard InChI is InChI=1S/C12H24FN/c1-3-4-5-8-12(2,13)11-7-6-9-14-10-11/h11,14H,3-10H2,1-2H3. The second-order valence-electron chi connectivity index (χ2n) is 4.78. The Hall–Kier alpha value is -0.110. The number of hydrogen-bond acceptors (Lipinski definition) is 1. The highest BCUT2D eigenvalue weighted by atomic mass is 19.1. The largest absolute Gasteiger partial charge is 0.316 e. The van der Waals surface area contributed by atoms with Crippen LogP contribution in [0.3, 0.4) is 0 Å². The maximum atomic E-state index is 14.3. The van der Waals surface area contributed by atoms with Gasteiger partial charge in [0, 0.05) is 12.5 Å². The lowest BCUT2D eigenvalue weighted by Gasteiger charge is -2.33. The molecule has 0 amide bonds. The van der Waals surface area contributed by atoms with Gasteiger partial charge in [0.2, 0.25) is 0 Å². The fourth-order valence-corrected chi connectivity index (χ4v) is 2.29. The Morgan fingerprint density at radius 1 is 1.43 bits per heavy atom. The molecule has 1 aliphatic rings. The van der Waals surface area contributed by atoms with Crippen LogP contribution in [0.15, 0.2) is 0 Å². The fraction of sp³-hybridized carbons (Fsp3) is 1.00. The molecule has 1 fully saturated rings. The number of unbranched alkanes of at least 4 members (excludes halogenated alkanes) is 2. The van der Waals surface area contributed by atoms with E-state index in [0.29, 0.717) is 0 Å². The molecule has 0 aromatic carbocycles. The molecule has 0 aromatic rings. The van der Waals surface area contributed by atoms with E-state index in [1.54, 1.807) is 6.92 Å². The van der Waals surface area contributed by atoms with Crippen LogP contribution < -0.4 is 5.32 Å². The average Bonchev–Trinajstić information content (AvgIpc) is 2.19. The van der Waals surface area contributed by atoms with E-state index in [1.807, 2.05) is 0 Å². The van der Waals surface area contributed by atoms with Crippen LogP contribution >= 0.6 is 0 Å². The van der Waals surface area contributed by atoms with Gasteiger partial charge >= 0.3 is 0 Å². The second-order valence-corrected chi connectivity index (χ2v) is 4.78. The molecule has 0 aliphatic carbocycles. The lowest BCUT2D eigenvalue weighted by Crippen LogP contribution is -2.41. The van der Waals surface area contributed by atoms with Crippen LogP contribution in [-0.4, -0.2) is 18.8 Å². The summed E-state index contributed by atoms with van der Waals surface area (Å²) < 4.78 is 14.3. The molecule has 0 saturated carbocycles. The monoisotopic (exact) mass is 201 g/mol. The Kier molecular flexibility index (Phi) is 4.86. The van der Waals surface area contributed by atoms with E-state index in [-0.39, 0.29) is 5.92 Å². The molecule has 1 heterocycles. The molecule has 1 N–H and O–H groups in total. The summed E-state index contributed by atoms with van der Waals surface area (Å²) in [5.74, 6) is 0.244. The van der Waals surface area contributed by atoms with E-state index >= 15 is 0 Å². The van der Waals surface area contributed by atoms with E-state index in [9.17, 15) is 4.39 Å². The molecule has 2 atom stereocenters. The average molecular weight is 201 g/mol. The molecule has 0 spiro atoms. The van der Waals surface area contributed by atoms with Crippen molar-refractivity contribution in [3.8, 4) is 0 Å². The van der Waals surface area contributed by atoms with Gasteiger partial charge in [-0.15, -0.1) is 0 Å². The lowest BCUT2D eigenvalue weighted by atomic mass is 9.81. The Labute approximate surface area is 87.5 Å². The Morgan fingerprint density at radius 3 is 2.79 bits per heavy atom. The zero-order valence-electron chi connectivity index (χ0n) is 9.61. The number of halogens is 1. The van der Waals surface area contributed by atoms with Gasteiger partial charge in [0.05, 0.1) is 0 Å². The molecule has 1 aliphatic heterocycles. The summed E-state index contributed by atoms with van der Waals surface area (Å²) in [5, 5.41) is 3.29. The zero-order valence-corrected chi connectivity index (χ0v) is 9.61. The highest BCUT2D eigenvalue weighted by Gasteiger charge is 2.34. The van der Waals surface area contributed by atoms with Crippen molar-refractivity contribution in [1.82, 2.24) is 5.32 Å². The van der Waals surface area contributed by atoms with Gasteiger partial charge < -0.3 is 5.32 Å². The normalized spacial score (nSPS) is 27.2. The third-order valence-corrected chi connectivity index (χ3v) is 3.42. The minimum atomic E-state index is -0.942. The Morgan fingerprint density at radius 2 is 2.21 bits per heavy atom. The predicted octanol–water partition coefficient (Wildman–Crippen LogP) is 3.29. The number of piperidine rings is 1. The van der Waals surface area contributed by atoms with Crippen molar-refractivity contribution < 1.29 is 4.39 Å². The quantitative estimate of drug-likeness (QED) is 0.673. The van der Waals surface area contributed by atoms with Crippen molar-refractivity contribution in [3.05, 3.63) is 0 Å². The molecule has 0 aromatic heterocycles. The first kappa shape index (κ1) is 12.0. The van der Waals surface area contributed by atoms with E-state index in [1.165, 1.54) is 12.8 Å². The zero-order chi connectivity index (χ0) is 10.4. The summed E-state index contributed by atoms with van der Waals surface area (Å²) in [6.07, 6.45) is 6.33. The summed E-state index contributed by atoms with van der Waals surface area (Å²) in [6.45, 7) is 5.90. The van der Waals surface area contributed by atoms with Crippen molar-refractivity contribution in [3.63, 3.8) is 0 Å². The van der Waals surface area contributed by atoms with E-state index in [0.717, 1.165) is 38.8 Å². The van der Waals surface area contributed by atoms with Crippen molar-refractivity contribution in [2.24, 2.45) is 5.92 Å². The highest BCUT2D eigenvalue weighted by Crippen LogP contribution is 2.32. The smallest absolute Gasteiger partial charge is 0.112 e. The summed E-state index contributed by atoms with van der Waals surface area (Å²) in [4.78, 5) is 0.